The second kappa shape index (κ2) is 7.01. The van der Waals surface area contributed by atoms with Crippen LogP contribution in [0.1, 0.15) is 11.1 Å². The second-order valence-electron chi connectivity index (χ2n) is 4.52. The molecular formula is C15H14BrClFN. The zero-order chi connectivity index (χ0) is 13.7. The van der Waals surface area contributed by atoms with Crippen LogP contribution in [0, 0.1) is 11.7 Å². The van der Waals surface area contributed by atoms with Crippen molar-refractivity contribution >= 4 is 27.5 Å². The summed E-state index contributed by atoms with van der Waals surface area (Å²) < 4.78 is 12.9. The fourth-order valence-corrected chi connectivity index (χ4v) is 2.67. The van der Waals surface area contributed by atoms with Crippen LogP contribution >= 0.6 is 27.5 Å². The largest absolute Gasteiger partial charge is 0.263 e. The molecule has 0 bridgehead atoms. The molecule has 1 atom stereocenters. The number of benzene rings is 1. The first-order valence-electron chi connectivity index (χ1n) is 6.08. The summed E-state index contributed by atoms with van der Waals surface area (Å²) in [5.74, 6) is 0.224. The maximum atomic E-state index is 12.9. The number of alkyl halides is 1. The summed E-state index contributed by atoms with van der Waals surface area (Å²) in [6.45, 7) is 0. The number of hydrogen-bond donors (Lipinski definition) is 0. The van der Waals surface area contributed by atoms with Crippen LogP contribution in [0.4, 0.5) is 4.39 Å². The molecule has 2 aromatic rings. The lowest BCUT2D eigenvalue weighted by atomic mass is 9.94. The molecule has 1 unspecified atom stereocenters. The Morgan fingerprint density at radius 1 is 1.16 bits per heavy atom. The number of hydrogen-bond acceptors (Lipinski definition) is 1. The first-order chi connectivity index (χ1) is 9.19. The van der Waals surface area contributed by atoms with Crippen molar-refractivity contribution in [2.75, 3.05) is 5.33 Å². The number of nitrogens with zero attached hydrogens (tertiary/aromatic N) is 1. The van der Waals surface area contributed by atoms with Crippen LogP contribution in [0.3, 0.4) is 0 Å². The van der Waals surface area contributed by atoms with Gasteiger partial charge in [-0.2, -0.15) is 0 Å². The van der Waals surface area contributed by atoms with E-state index in [1.54, 1.807) is 12.4 Å². The van der Waals surface area contributed by atoms with E-state index in [1.807, 2.05) is 18.2 Å². The predicted octanol–water partition coefficient (Wildman–Crippen LogP) is 4.67. The molecule has 0 N–H and O–H groups in total. The highest BCUT2D eigenvalue weighted by atomic mass is 79.9. The molecule has 0 radical (unpaired) electrons. The molecule has 1 heterocycles. The minimum Gasteiger partial charge on any atom is -0.263 e. The van der Waals surface area contributed by atoms with E-state index in [0.29, 0.717) is 10.9 Å². The summed E-state index contributed by atoms with van der Waals surface area (Å²) in [5, 5.41) is 1.58. The van der Waals surface area contributed by atoms with Crippen LogP contribution in [0.2, 0.25) is 5.02 Å². The highest BCUT2D eigenvalue weighted by Crippen LogP contribution is 2.21. The third-order valence-corrected chi connectivity index (χ3v) is 4.28. The second-order valence-corrected chi connectivity index (χ2v) is 5.58. The van der Waals surface area contributed by atoms with E-state index in [9.17, 15) is 4.39 Å². The molecule has 0 amide bonds. The first-order valence-corrected chi connectivity index (χ1v) is 7.57. The summed E-state index contributed by atoms with van der Waals surface area (Å²) in [5.41, 5.74) is 2.24. The van der Waals surface area contributed by atoms with Gasteiger partial charge in [0.1, 0.15) is 5.82 Å². The minimum absolute atomic E-state index is 0.198. The highest BCUT2D eigenvalue weighted by molar-refractivity contribution is 9.09. The molecule has 1 aromatic carbocycles. The van der Waals surface area contributed by atoms with Crippen LogP contribution in [0.25, 0.3) is 0 Å². The van der Waals surface area contributed by atoms with Crippen LogP contribution in [-0.2, 0) is 12.8 Å². The van der Waals surface area contributed by atoms with Crippen LogP contribution in [0.5, 0.6) is 0 Å². The van der Waals surface area contributed by atoms with Crippen molar-refractivity contribution < 1.29 is 4.39 Å². The summed E-state index contributed by atoms with van der Waals surface area (Å²) in [7, 11) is 0. The third-order valence-electron chi connectivity index (χ3n) is 3.02. The quantitative estimate of drug-likeness (QED) is 0.720. The van der Waals surface area contributed by atoms with Crippen LogP contribution in [-0.4, -0.2) is 10.3 Å². The fourth-order valence-electron chi connectivity index (χ4n) is 2.02. The van der Waals surface area contributed by atoms with Crippen molar-refractivity contribution in [3.8, 4) is 0 Å². The molecule has 0 aliphatic rings. The predicted molar refractivity (Wildman–Crippen MR) is 80.3 cm³/mol. The number of halogens is 3. The Morgan fingerprint density at radius 3 is 2.53 bits per heavy atom. The standard InChI is InChI=1S/C15H14BrClFN/c16-9-12(7-11-1-3-14(18)4-2-11)8-13-5-6-19-10-15(13)17/h1-6,10,12H,7-9H2. The van der Waals surface area contributed by atoms with Gasteiger partial charge in [0, 0.05) is 17.7 Å². The van der Waals surface area contributed by atoms with E-state index in [-0.39, 0.29) is 5.82 Å². The van der Waals surface area contributed by atoms with Crippen molar-refractivity contribution in [1.82, 2.24) is 4.98 Å². The maximum Gasteiger partial charge on any atom is 0.123 e. The Bertz CT molecular complexity index is 530. The first kappa shape index (κ1) is 14.5. The molecule has 2 rings (SSSR count). The fraction of sp³-hybridized carbons (Fsp3) is 0.267. The lowest BCUT2D eigenvalue weighted by Crippen LogP contribution is -2.10. The third kappa shape index (κ3) is 4.29. The van der Waals surface area contributed by atoms with Crippen LogP contribution in [0.15, 0.2) is 42.7 Å². The van der Waals surface area contributed by atoms with Crippen molar-refractivity contribution in [2.45, 2.75) is 12.8 Å². The molecular weight excluding hydrogens is 329 g/mol. The van der Waals surface area contributed by atoms with Crippen molar-refractivity contribution in [3.05, 3.63) is 64.7 Å². The Kier molecular flexibility index (Phi) is 5.34. The van der Waals surface area contributed by atoms with Crippen molar-refractivity contribution in [3.63, 3.8) is 0 Å². The molecule has 0 spiro atoms. The SMILES string of the molecule is Fc1ccc(CC(CBr)Cc2ccncc2Cl)cc1. The van der Waals surface area contributed by atoms with Gasteiger partial charge in [-0.15, -0.1) is 0 Å². The Morgan fingerprint density at radius 2 is 1.89 bits per heavy atom. The average molecular weight is 343 g/mol. The molecule has 0 saturated heterocycles. The van der Waals surface area contributed by atoms with E-state index in [0.717, 1.165) is 29.3 Å². The molecule has 0 fully saturated rings. The van der Waals surface area contributed by atoms with Gasteiger partial charge in [0.2, 0.25) is 0 Å². The van der Waals surface area contributed by atoms with Gasteiger partial charge in [-0.3, -0.25) is 4.98 Å². The van der Waals surface area contributed by atoms with E-state index in [2.05, 4.69) is 20.9 Å². The van der Waals surface area contributed by atoms with Gasteiger partial charge in [0.05, 0.1) is 5.02 Å². The zero-order valence-electron chi connectivity index (χ0n) is 10.3. The number of rotatable bonds is 5. The summed E-state index contributed by atoms with van der Waals surface area (Å²) in [4.78, 5) is 3.99. The lowest BCUT2D eigenvalue weighted by Gasteiger charge is -2.15. The monoisotopic (exact) mass is 341 g/mol. The van der Waals surface area contributed by atoms with Gasteiger partial charge in [0.15, 0.2) is 0 Å². The molecule has 0 aliphatic heterocycles. The number of pyridine rings is 1. The van der Waals surface area contributed by atoms with Gasteiger partial charge >= 0.3 is 0 Å². The molecule has 100 valence electrons. The lowest BCUT2D eigenvalue weighted by molar-refractivity contribution is 0.587. The van der Waals surface area contributed by atoms with E-state index in [4.69, 9.17) is 11.6 Å². The molecule has 19 heavy (non-hydrogen) atoms. The van der Waals surface area contributed by atoms with Gasteiger partial charge < -0.3 is 0 Å². The summed E-state index contributed by atoms with van der Waals surface area (Å²) >= 11 is 9.66. The summed E-state index contributed by atoms with van der Waals surface area (Å²) in [6, 6.07) is 8.61. The van der Waals surface area contributed by atoms with Gasteiger partial charge in [-0.1, -0.05) is 39.7 Å². The van der Waals surface area contributed by atoms with E-state index in [1.165, 1.54) is 12.1 Å². The van der Waals surface area contributed by atoms with Crippen molar-refractivity contribution in [1.29, 1.82) is 0 Å². The Hall–Kier alpha value is -0.930. The Labute approximate surface area is 126 Å². The topological polar surface area (TPSA) is 12.9 Å². The van der Waals surface area contributed by atoms with Crippen LogP contribution < -0.4 is 0 Å². The smallest absolute Gasteiger partial charge is 0.123 e. The molecule has 0 aliphatic carbocycles. The van der Waals surface area contributed by atoms with Gasteiger partial charge in [0.25, 0.3) is 0 Å². The molecule has 1 aromatic heterocycles. The van der Waals surface area contributed by atoms with Crippen molar-refractivity contribution in [2.24, 2.45) is 5.92 Å². The normalized spacial score (nSPS) is 12.4. The highest BCUT2D eigenvalue weighted by Gasteiger charge is 2.11. The van der Waals surface area contributed by atoms with E-state index >= 15 is 0 Å². The van der Waals surface area contributed by atoms with E-state index < -0.39 is 0 Å². The Balaban J connectivity index is 2.05. The average Bonchev–Trinajstić information content (AvgIpc) is 2.43. The summed E-state index contributed by atoms with van der Waals surface area (Å²) in [6.07, 6.45) is 5.19. The molecule has 4 heteroatoms. The maximum absolute atomic E-state index is 12.9. The number of aromatic nitrogens is 1. The molecule has 1 nitrogen and oxygen atoms in total. The zero-order valence-corrected chi connectivity index (χ0v) is 12.7. The van der Waals surface area contributed by atoms with Gasteiger partial charge in [-0.05, 0) is 48.1 Å². The minimum atomic E-state index is -0.198. The molecule has 0 saturated carbocycles. The van der Waals surface area contributed by atoms with Gasteiger partial charge in [-0.25, -0.2) is 4.39 Å².